The van der Waals surface area contributed by atoms with E-state index in [0.29, 0.717) is 17.1 Å². The summed E-state index contributed by atoms with van der Waals surface area (Å²) in [6.45, 7) is 5.28. The second-order valence-electron chi connectivity index (χ2n) is 5.20. The van der Waals surface area contributed by atoms with Crippen molar-refractivity contribution >= 4 is 27.0 Å². The van der Waals surface area contributed by atoms with Gasteiger partial charge in [-0.2, -0.15) is 5.10 Å². The average Bonchev–Trinajstić information content (AvgIpc) is 3.05. The molecule has 2 heterocycles. The van der Waals surface area contributed by atoms with Crippen molar-refractivity contribution in [3.63, 3.8) is 0 Å². The van der Waals surface area contributed by atoms with Gasteiger partial charge >= 0.3 is 0 Å². The van der Waals surface area contributed by atoms with E-state index < -0.39 is 10.0 Å². The number of benzene rings is 1. The molecule has 0 amide bonds. The van der Waals surface area contributed by atoms with Crippen molar-refractivity contribution < 1.29 is 8.42 Å². The van der Waals surface area contributed by atoms with Crippen LogP contribution >= 0.6 is 11.3 Å². The molecule has 8 heteroatoms. The Morgan fingerprint density at radius 3 is 2.61 bits per heavy atom. The van der Waals surface area contributed by atoms with Crippen LogP contribution in [0.15, 0.2) is 34.5 Å². The van der Waals surface area contributed by atoms with E-state index in [-0.39, 0.29) is 4.90 Å². The standard InChI is InChI=1S/C15H16N4O2S2/c1-9-15(10(2)18-17-9)23(20,21)19-13-6-4-5-12(7-13)14-8-22-11(3)16-14/h4-8,19H,1-3H3,(H,17,18). The van der Waals surface area contributed by atoms with Crippen LogP contribution in [-0.2, 0) is 10.0 Å². The van der Waals surface area contributed by atoms with Gasteiger partial charge in [0.2, 0.25) is 0 Å². The summed E-state index contributed by atoms with van der Waals surface area (Å²) in [4.78, 5) is 4.61. The number of anilines is 1. The molecule has 0 aliphatic carbocycles. The number of nitrogens with one attached hydrogen (secondary N) is 2. The molecule has 1 aromatic carbocycles. The molecule has 0 unspecified atom stereocenters. The maximum atomic E-state index is 12.6. The fourth-order valence-electron chi connectivity index (χ4n) is 2.38. The van der Waals surface area contributed by atoms with Crippen molar-refractivity contribution in [2.24, 2.45) is 0 Å². The van der Waals surface area contributed by atoms with Crippen LogP contribution in [0.5, 0.6) is 0 Å². The molecule has 0 bridgehead atoms. The van der Waals surface area contributed by atoms with Gasteiger partial charge in [-0.1, -0.05) is 12.1 Å². The molecule has 120 valence electrons. The van der Waals surface area contributed by atoms with Gasteiger partial charge in [-0.3, -0.25) is 9.82 Å². The molecule has 0 fully saturated rings. The number of nitrogens with zero attached hydrogens (tertiary/aromatic N) is 2. The molecular weight excluding hydrogens is 332 g/mol. The van der Waals surface area contributed by atoms with Gasteiger partial charge in [0.15, 0.2) is 0 Å². The second kappa shape index (κ2) is 5.78. The van der Waals surface area contributed by atoms with Crippen LogP contribution in [0.1, 0.15) is 16.4 Å². The largest absolute Gasteiger partial charge is 0.281 e. The number of sulfonamides is 1. The van der Waals surface area contributed by atoms with Gasteiger partial charge in [-0.15, -0.1) is 11.3 Å². The first-order valence-corrected chi connectivity index (χ1v) is 9.30. The lowest BCUT2D eigenvalue weighted by atomic mass is 10.1. The minimum absolute atomic E-state index is 0.187. The molecular formula is C15H16N4O2S2. The predicted molar refractivity (Wildman–Crippen MR) is 91.2 cm³/mol. The first kappa shape index (κ1) is 15.7. The van der Waals surface area contributed by atoms with E-state index in [0.717, 1.165) is 16.3 Å². The van der Waals surface area contributed by atoms with Crippen molar-refractivity contribution in [2.75, 3.05) is 4.72 Å². The fourth-order valence-corrected chi connectivity index (χ4v) is 4.43. The van der Waals surface area contributed by atoms with Gasteiger partial charge in [0.1, 0.15) is 4.90 Å². The third kappa shape index (κ3) is 3.13. The predicted octanol–water partition coefficient (Wildman–Crippen LogP) is 3.26. The molecule has 3 rings (SSSR count). The molecule has 2 N–H and O–H groups in total. The van der Waals surface area contributed by atoms with Crippen LogP contribution in [0, 0.1) is 20.8 Å². The Labute approximate surface area is 138 Å². The molecule has 0 spiro atoms. The molecule has 0 atom stereocenters. The van der Waals surface area contributed by atoms with E-state index >= 15 is 0 Å². The van der Waals surface area contributed by atoms with Gasteiger partial charge in [-0.05, 0) is 32.9 Å². The lowest BCUT2D eigenvalue weighted by molar-refractivity contribution is 0.600. The highest BCUT2D eigenvalue weighted by Gasteiger charge is 2.22. The molecule has 2 aromatic heterocycles. The number of aryl methyl sites for hydroxylation is 3. The van der Waals surface area contributed by atoms with Crippen LogP contribution in [0.4, 0.5) is 5.69 Å². The van der Waals surface area contributed by atoms with Gasteiger partial charge in [0.05, 0.1) is 22.1 Å². The van der Waals surface area contributed by atoms with E-state index in [1.165, 1.54) is 0 Å². The highest BCUT2D eigenvalue weighted by molar-refractivity contribution is 7.92. The Hall–Kier alpha value is -2.19. The van der Waals surface area contributed by atoms with Crippen molar-refractivity contribution in [2.45, 2.75) is 25.7 Å². The Morgan fingerprint density at radius 2 is 2.00 bits per heavy atom. The smallest absolute Gasteiger partial charge is 0.265 e. The number of aromatic nitrogens is 3. The Balaban J connectivity index is 1.94. The Kier molecular flexibility index (Phi) is 3.95. The number of thiazole rings is 1. The third-order valence-electron chi connectivity index (χ3n) is 3.36. The fraction of sp³-hybridized carbons (Fsp3) is 0.200. The summed E-state index contributed by atoms with van der Waals surface area (Å²) in [5.41, 5.74) is 3.16. The normalized spacial score (nSPS) is 11.6. The SMILES string of the molecule is Cc1nc(-c2cccc(NS(=O)(=O)c3c(C)n[nH]c3C)c2)cs1. The van der Waals surface area contributed by atoms with Crippen LogP contribution in [0.2, 0.25) is 0 Å². The first-order chi connectivity index (χ1) is 10.9. The second-order valence-corrected chi connectivity index (χ2v) is 7.88. The van der Waals surface area contributed by atoms with Gasteiger partial charge < -0.3 is 0 Å². The van der Waals surface area contributed by atoms with Gasteiger partial charge in [-0.25, -0.2) is 13.4 Å². The summed E-state index contributed by atoms with van der Waals surface area (Å²) in [5, 5.41) is 9.55. The number of hydrogen-bond donors (Lipinski definition) is 2. The number of hydrogen-bond acceptors (Lipinski definition) is 5. The van der Waals surface area contributed by atoms with E-state index in [1.807, 2.05) is 18.4 Å². The quantitative estimate of drug-likeness (QED) is 0.757. The molecule has 0 saturated carbocycles. The first-order valence-electron chi connectivity index (χ1n) is 6.94. The van der Waals surface area contributed by atoms with Crippen LogP contribution in [0.25, 0.3) is 11.3 Å². The van der Waals surface area contributed by atoms with E-state index in [1.54, 1.807) is 43.4 Å². The molecule has 0 aliphatic heterocycles. The summed E-state index contributed by atoms with van der Waals surface area (Å²) in [6, 6.07) is 7.19. The van der Waals surface area contributed by atoms with Crippen molar-refractivity contribution in [3.05, 3.63) is 46.0 Å². The lowest BCUT2D eigenvalue weighted by Crippen LogP contribution is -2.14. The zero-order chi connectivity index (χ0) is 16.6. The molecule has 0 radical (unpaired) electrons. The highest BCUT2D eigenvalue weighted by Crippen LogP contribution is 2.26. The van der Waals surface area contributed by atoms with Crippen molar-refractivity contribution in [1.29, 1.82) is 0 Å². The maximum absolute atomic E-state index is 12.6. The molecule has 0 saturated heterocycles. The summed E-state index contributed by atoms with van der Waals surface area (Å²) >= 11 is 1.56. The minimum atomic E-state index is -3.69. The van der Waals surface area contributed by atoms with Crippen molar-refractivity contribution in [3.8, 4) is 11.3 Å². The van der Waals surface area contributed by atoms with Gasteiger partial charge in [0, 0.05) is 16.6 Å². The van der Waals surface area contributed by atoms with Crippen LogP contribution in [0.3, 0.4) is 0 Å². The average molecular weight is 348 g/mol. The van der Waals surface area contributed by atoms with Crippen LogP contribution in [-0.4, -0.2) is 23.6 Å². The molecule has 6 nitrogen and oxygen atoms in total. The topological polar surface area (TPSA) is 87.7 Å². The number of H-pyrrole nitrogens is 1. The highest BCUT2D eigenvalue weighted by atomic mass is 32.2. The molecule has 23 heavy (non-hydrogen) atoms. The number of rotatable bonds is 4. The van der Waals surface area contributed by atoms with E-state index in [4.69, 9.17) is 0 Å². The van der Waals surface area contributed by atoms with Crippen LogP contribution < -0.4 is 4.72 Å². The maximum Gasteiger partial charge on any atom is 0.265 e. The summed E-state index contributed by atoms with van der Waals surface area (Å²) in [7, 11) is -3.69. The summed E-state index contributed by atoms with van der Waals surface area (Å²) < 4.78 is 27.8. The van der Waals surface area contributed by atoms with E-state index in [2.05, 4.69) is 19.9 Å². The zero-order valence-corrected chi connectivity index (χ0v) is 14.5. The molecule has 3 aromatic rings. The molecule has 0 aliphatic rings. The third-order valence-corrected chi connectivity index (χ3v) is 5.78. The Bertz CT molecular complexity index is 938. The van der Waals surface area contributed by atoms with Gasteiger partial charge in [0.25, 0.3) is 10.0 Å². The summed E-state index contributed by atoms with van der Waals surface area (Å²) in [6.07, 6.45) is 0. The monoisotopic (exact) mass is 348 g/mol. The Morgan fingerprint density at radius 1 is 1.22 bits per heavy atom. The zero-order valence-electron chi connectivity index (χ0n) is 12.9. The lowest BCUT2D eigenvalue weighted by Gasteiger charge is -2.09. The minimum Gasteiger partial charge on any atom is -0.281 e. The number of aromatic amines is 1. The van der Waals surface area contributed by atoms with Crippen molar-refractivity contribution in [1.82, 2.24) is 15.2 Å². The van der Waals surface area contributed by atoms with E-state index in [9.17, 15) is 8.42 Å². The summed E-state index contributed by atoms with van der Waals surface area (Å²) in [5.74, 6) is 0.